The van der Waals surface area contributed by atoms with Crippen LogP contribution in [0.4, 0.5) is 5.69 Å². The maximum Gasteiger partial charge on any atom is 0.248 e. The fourth-order valence-electron chi connectivity index (χ4n) is 2.90. The Kier molecular flexibility index (Phi) is 8.65. The SMILES string of the molecule is CC(C)CN(CC(C)C)S(=O)(=O)c1ccc(NC(=O)/C=C/c2ccccc2Cl)cc1. The third-order valence-corrected chi connectivity index (χ3v) is 6.41. The van der Waals surface area contributed by atoms with Gasteiger partial charge in [-0.25, -0.2) is 8.42 Å². The predicted octanol–water partition coefficient (Wildman–Crippen LogP) is 5.29. The van der Waals surface area contributed by atoms with Gasteiger partial charge in [0, 0.05) is 29.9 Å². The van der Waals surface area contributed by atoms with Gasteiger partial charge < -0.3 is 5.32 Å². The largest absolute Gasteiger partial charge is 0.323 e. The van der Waals surface area contributed by atoms with Crippen LogP contribution in [0, 0.1) is 11.8 Å². The second-order valence-corrected chi connectivity index (χ2v) is 10.3. The number of hydrogen-bond donors (Lipinski definition) is 1. The monoisotopic (exact) mass is 448 g/mol. The topological polar surface area (TPSA) is 66.5 Å². The van der Waals surface area contributed by atoms with Crippen LogP contribution in [0.2, 0.25) is 5.02 Å². The van der Waals surface area contributed by atoms with Crippen LogP contribution in [0.5, 0.6) is 0 Å². The lowest BCUT2D eigenvalue weighted by atomic mass is 10.2. The Morgan fingerprint density at radius 3 is 2.10 bits per heavy atom. The summed E-state index contributed by atoms with van der Waals surface area (Å²) in [4.78, 5) is 12.4. The van der Waals surface area contributed by atoms with Crippen molar-refractivity contribution in [2.75, 3.05) is 18.4 Å². The number of anilines is 1. The molecule has 1 N–H and O–H groups in total. The summed E-state index contributed by atoms with van der Waals surface area (Å²) in [5.41, 5.74) is 1.26. The zero-order valence-corrected chi connectivity index (χ0v) is 19.4. The molecule has 0 aliphatic rings. The number of carbonyl (C=O) groups excluding carboxylic acids is 1. The predicted molar refractivity (Wildman–Crippen MR) is 124 cm³/mol. The fraction of sp³-hybridized carbons (Fsp3) is 0.348. The normalized spacial score (nSPS) is 12.3. The zero-order valence-electron chi connectivity index (χ0n) is 17.8. The van der Waals surface area contributed by atoms with Gasteiger partial charge >= 0.3 is 0 Å². The van der Waals surface area contributed by atoms with Gasteiger partial charge in [-0.05, 0) is 53.8 Å². The molecule has 0 aliphatic carbocycles. The molecule has 2 aromatic carbocycles. The molecule has 0 aromatic heterocycles. The van der Waals surface area contributed by atoms with Crippen LogP contribution < -0.4 is 5.32 Å². The van der Waals surface area contributed by atoms with Gasteiger partial charge in [-0.1, -0.05) is 57.5 Å². The van der Waals surface area contributed by atoms with Crippen LogP contribution >= 0.6 is 11.6 Å². The Morgan fingerprint density at radius 1 is 1.00 bits per heavy atom. The maximum absolute atomic E-state index is 13.0. The fourth-order valence-corrected chi connectivity index (χ4v) is 4.87. The molecule has 162 valence electrons. The first-order valence-corrected chi connectivity index (χ1v) is 11.7. The molecule has 0 unspecified atom stereocenters. The Morgan fingerprint density at radius 2 is 1.57 bits per heavy atom. The van der Waals surface area contributed by atoms with Crippen molar-refractivity contribution in [1.29, 1.82) is 0 Å². The number of sulfonamides is 1. The first-order valence-electron chi connectivity index (χ1n) is 9.93. The number of hydrogen-bond acceptors (Lipinski definition) is 3. The first kappa shape index (κ1) is 24.1. The number of carbonyl (C=O) groups is 1. The Hall–Kier alpha value is -2.15. The Bertz CT molecular complexity index is 974. The van der Waals surface area contributed by atoms with E-state index in [4.69, 9.17) is 11.6 Å². The lowest BCUT2D eigenvalue weighted by molar-refractivity contribution is -0.111. The summed E-state index contributed by atoms with van der Waals surface area (Å²) in [5, 5.41) is 3.29. The number of halogens is 1. The van der Waals surface area contributed by atoms with Crippen molar-refractivity contribution >= 4 is 39.3 Å². The van der Waals surface area contributed by atoms with Gasteiger partial charge in [-0.15, -0.1) is 0 Å². The lowest BCUT2D eigenvalue weighted by Gasteiger charge is -2.25. The van der Waals surface area contributed by atoms with Crippen LogP contribution in [0.1, 0.15) is 33.3 Å². The number of amides is 1. The smallest absolute Gasteiger partial charge is 0.248 e. The van der Waals surface area contributed by atoms with Crippen molar-refractivity contribution in [3.8, 4) is 0 Å². The second-order valence-electron chi connectivity index (χ2n) is 7.98. The molecule has 0 radical (unpaired) electrons. The van der Waals surface area contributed by atoms with Crippen molar-refractivity contribution in [2.45, 2.75) is 32.6 Å². The van der Waals surface area contributed by atoms with E-state index in [2.05, 4.69) is 5.32 Å². The number of rotatable bonds is 9. The summed E-state index contributed by atoms with van der Waals surface area (Å²) in [6.07, 6.45) is 3.02. The molecule has 1 amide bonds. The number of nitrogens with zero attached hydrogens (tertiary/aromatic N) is 1. The first-order chi connectivity index (χ1) is 14.1. The van der Waals surface area contributed by atoms with Gasteiger partial charge in [0.05, 0.1) is 4.90 Å². The minimum Gasteiger partial charge on any atom is -0.323 e. The van der Waals surface area contributed by atoms with Crippen molar-refractivity contribution in [1.82, 2.24) is 4.31 Å². The molecule has 7 heteroatoms. The molecule has 2 aromatic rings. The standard InChI is InChI=1S/C23H29ClN2O3S/c1-17(2)15-26(16-18(3)4)30(28,29)21-12-10-20(11-13-21)25-23(27)14-9-19-7-5-6-8-22(19)24/h5-14,17-18H,15-16H2,1-4H3,(H,25,27)/b14-9+. The minimum atomic E-state index is -3.60. The molecule has 0 spiro atoms. The molecule has 0 saturated heterocycles. The average molecular weight is 449 g/mol. The highest BCUT2D eigenvalue weighted by Crippen LogP contribution is 2.21. The summed E-state index contributed by atoms with van der Waals surface area (Å²) in [6.45, 7) is 8.92. The second kappa shape index (κ2) is 10.8. The maximum atomic E-state index is 13.0. The third-order valence-electron chi connectivity index (χ3n) is 4.22. The van der Waals surface area contributed by atoms with Crippen LogP contribution in [0.25, 0.3) is 6.08 Å². The van der Waals surface area contributed by atoms with Gasteiger partial charge in [0.2, 0.25) is 15.9 Å². The van der Waals surface area contributed by atoms with E-state index in [0.717, 1.165) is 5.56 Å². The third kappa shape index (κ3) is 6.97. The molecule has 0 atom stereocenters. The minimum absolute atomic E-state index is 0.216. The average Bonchev–Trinajstić information content (AvgIpc) is 2.66. The highest BCUT2D eigenvalue weighted by atomic mass is 35.5. The molecule has 2 rings (SSSR count). The van der Waals surface area contributed by atoms with Gasteiger partial charge in [-0.3, -0.25) is 4.79 Å². The van der Waals surface area contributed by atoms with Crippen LogP contribution in [0.3, 0.4) is 0 Å². The van der Waals surface area contributed by atoms with Gasteiger partial charge in [0.1, 0.15) is 0 Å². The molecule has 5 nitrogen and oxygen atoms in total. The van der Waals surface area contributed by atoms with E-state index < -0.39 is 10.0 Å². The quantitative estimate of drug-likeness (QED) is 0.529. The van der Waals surface area contributed by atoms with E-state index in [-0.39, 0.29) is 22.6 Å². The molecular formula is C23H29ClN2O3S. The highest BCUT2D eigenvalue weighted by Gasteiger charge is 2.25. The van der Waals surface area contributed by atoms with Crippen molar-refractivity contribution in [3.05, 3.63) is 65.2 Å². The van der Waals surface area contributed by atoms with Crippen LogP contribution in [-0.2, 0) is 14.8 Å². The highest BCUT2D eigenvalue weighted by molar-refractivity contribution is 7.89. The van der Waals surface area contributed by atoms with Crippen molar-refractivity contribution in [2.24, 2.45) is 11.8 Å². The van der Waals surface area contributed by atoms with E-state index in [0.29, 0.717) is 23.8 Å². The van der Waals surface area contributed by atoms with E-state index in [9.17, 15) is 13.2 Å². The summed E-state index contributed by atoms with van der Waals surface area (Å²) in [5.74, 6) is 0.121. The molecular weight excluding hydrogens is 420 g/mol. The van der Waals surface area contributed by atoms with Crippen LogP contribution in [-0.4, -0.2) is 31.7 Å². The lowest BCUT2D eigenvalue weighted by Crippen LogP contribution is -2.37. The summed E-state index contributed by atoms with van der Waals surface area (Å²) in [6, 6.07) is 13.5. The molecule has 0 fully saturated rings. The number of nitrogens with one attached hydrogen (secondary N) is 1. The summed E-state index contributed by atoms with van der Waals surface area (Å²) < 4.78 is 27.6. The summed E-state index contributed by atoms with van der Waals surface area (Å²) in [7, 11) is -3.60. The molecule has 0 heterocycles. The van der Waals surface area contributed by atoms with E-state index in [1.54, 1.807) is 24.3 Å². The van der Waals surface area contributed by atoms with Crippen molar-refractivity contribution in [3.63, 3.8) is 0 Å². The van der Waals surface area contributed by atoms with E-state index in [1.165, 1.54) is 22.5 Å². The molecule has 30 heavy (non-hydrogen) atoms. The summed E-state index contributed by atoms with van der Waals surface area (Å²) >= 11 is 6.07. The molecule has 0 aliphatic heterocycles. The number of benzene rings is 2. The van der Waals surface area contributed by atoms with Gasteiger partial charge in [0.25, 0.3) is 0 Å². The Balaban J connectivity index is 2.11. The van der Waals surface area contributed by atoms with Crippen LogP contribution in [0.15, 0.2) is 59.5 Å². The molecule has 0 saturated carbocycles. The van der Waals surface area contributed by atoms with E-state index >= 15 is 0 Å². The zero-order chi connectivity index (χ0) is 22.3. The Labute approximate surface area is 184 Å². The van der Waals surface area contributed by atoms with Gasteiger partial charge in [0.15, 0.2) is 0 Å². The van der Waals surface area contributed by atoms with E-state index in [1.807, 2.05) is 45.9 Å². The molecule has 0 bridgehead atoms. The van der Waals surface area contributed by atoms with Crippen molar-refractivity contribution < 1.29 is 13.2 Å². The van der Waals surface area contributed by atoms with Gasteiger partial charge in [-0.2, -0.15) is 4.31 Å².